The second-order valence-corrected chi connectivity index (χ2v) is 4.25. The van der Waals surface area contributed by atoms with E-state index >= 15 is 0 Å². The van der Waals surface area contributed by atoms with E-state index in [9.17, 15) is 4.79 Å². The highest BCUT2D eigenvalue weighted by atomic mass is 16.2. The van der Waals surface area contributed by atoms with Gasteiger partial charge in [0, 0.05) is 25.7 Å². The molecule has 0 aromatic carbocycles. The maximum absolute atomic E-state index is 12.3. The number of rotatable bonds is 8. The molecule has 5 nitrogen and oxygen atoms in total. The van der Waals surface area contributed by atoms with Gasteiger partial charge in [-0.3, -0.25) is 4.79 Å². The molecule has 19 heavy (non-hydrogen) atoms. The second-order valence-electron chi connectivity index (χ2n) is 4.25. The first-order valence-electron chi connectivity index (χ1n) is 6.69. The number of anilines is 1. The van der Waals surface area contributed by atoms with Crippen molar-refractivity contribution in [3.05, 3.63) is 30.7 Å². The minimum Gasteiger partial charge on any atom is -0.366 e. The highest BCUT2D eigenvalue weighted by molar-refractivity contribution is 5.92. The van der Waals surface area contributed by atoms with Crippen LogP contribution in [0.1, 0.15) is 37.2 Å². The molecule has 5 heteroatoms. The van der Waals surface area contributed by atoms with Gasteiger partial charge in [0.1, 0.15) is 17.8 Å². The van der Waals surface area contributed by atoms with Crippen molar-refractivity contribution < 1.29 is 4.79 Å². The van der Waals surface area contributed by atoms with Crippen molar-refractivity contribution in [2.24, 2.45) is 0 Å². The van der Waals surface area contributed by atoms with Crippen molar-refractivity contribution in [1.29, 1.82) is 0 Å². The summed E-state index contributed by atoms with van der Waals surface area (Å²) in [4.78, 5) is 22.3. The summed E-state index contributed by atoms with van der Waals surface area (Å²) in [6.07, 6.45) is 5.04. The molecule has 0 spiro atoms. The summed E-state index contributed by atoms with van der Waals surface area (Å²) in [5.74, 6) is 0.610. The Morgan fingerprint density at radius 2 is 2.05 bits per heavy atom. The van der Waals surface area contributed by atoms with E-state index in [0.717, 1.165) is 25.9 Å². The highest BCUT2D eigenvalue weighted by Crippen LogP contribution is 2.08. The minimum absolute atomic E-state index is 0.0345. The van der Waals surface area contributed by atoms with E-state index in [4.69, 9.17) is 0 Å². The molecule has 0 unspecified atom stereocenters. The summed E-state index contributed by atoms with van der Waals surface area (Å²) in [7, 11) is 0. The van der Waals surface area contributed by atoms with Crippen molar-refractivity contribution in [2.75, 3.05) is 25.0 Å². The molecule has 1 aromatic rings. The van der Waals surface area contributed by atoms with Crippen LogP contribution >= 0.6 is 0 Å². The standard InChI is InChI=1S/C14H22N4O/c1-4-7-15-13-10-12(16-11-17-13)14(19)18(8-5-2)9-6-3/h4,10-11H,1,5-9H2,2-3H3,(H,15,16,17). The maximum atomic E-state index is 12.3. The van der Waals surface area contributed by atoms with Crippen LogP contribution < -0.4 is 5.32 Å². The van der Waals surface area contributed by atoms with Crippen molar-refractivity contribution >= 4 is 11.7 Å². The Labute approximate surface area is 114 Å². The Hall–Kier alpha value is -1.91. The smallest absolute Gasteiger partial charge is 0.272 e. The Morgan fingerprint density at radius 1 is 1.37 bits per heavy atom. The average molecular weight is 262 g/mol. The second kappa shape index (κ2) is 8.24. The fourth-order valence-electron chi connectivity index (χ4n) is 1.76. The molecular formula is C14H22N4O. The number of carbonyl (C=O) groups excluding carboxylic acids is 1. The van der Waals surface area contributed by atoms with Crippen LogP contribution in [0.15, 0.2) is 25.0 Å². The molecule has 0 bridgehead atoms. The lowest BCUT2D eigenvalue weighted by Crippen LogP contribution is -2.33. The van der Waals surface area contributed by atoms with Crippen LogP contribution in [0.4, 0.5) is 5.82 Å². The first-order valence-corrected chi connectivity index (χ1v) is 6.69. The van der Waals surface area contributed by atoms with Gasteiger partial charge < -0.3 is 10.2 Å². The van der Waals surface area contributed by atoms with Gasteiger partial charge in [-0.15, -0.1) is 6.58 Å². The highest BCUT2D eigenvalue weighted by Gasteiger charge is 2.16. The number of amides is 1. The first-order chi connectivity index (χ1) is 9.22. The van der Waals surface area contributed by atoms with E-state index in [1.165, 1.54) is 6.33 Å². The molecule has 0 fully saturated rings. The van der Waals surface area contributed by atoms with Crippen molar-refractivity contribution in [1.82, 2.24) is 14.9 Å². The monoisotopic (exact) mass is 262 g/mol. The molecule has 1 amide bonds. The van der Waals surface area contributed by atoms with E-state index in [2.05, 4.69) is 35.7 Å². The quantitative estimate of drug-likeness (QED) is 0.731. The van der Waals surface area contributed by atoms with Gasteiger partial charge in [-0.05, 0) is 12.8 Å². The van der Waals surface area contributed by atoms with Crippen molar-refractivity contribution in [3.63, 3.8) is 0 Å². The molecule has 104 valence electrons. The normalized spacial score (nSPS) is 10.0. The molecule has 0 saturated heterocycles. The fraction of sp³-hybridized carbons (Fsp3) is 0.500. The molecule has 1 rings (SSSR count). The average Bonchev–Trinajstić information content (AvgIpc) is 2.44. The number of nitrogens with zero attached hydrogens (tertiary/aromatic N) is 3. The summed E-state index contributed by atoms with van der Waals surface area (Å²) in [5, 5.41) is 3.05. The van der Waals surface area contributed by atoms with Gasteiger partial charge >= 0.3 is 0 Å². The topological polar surface area (TPSA) is 58.1 Å². The lowest BCUT2D eigenvalue weighted by molar-refractivity contribution is 0.0749. The lowest BCUT2D eigenvalue weighted by atomic mass is 10.3. The Balaban J connectivity index is 2.81. The molecule has 1 N–H and O–H groups in total. The molecule has 0 atom stereocenters. The van der Waals surface area contributed by atoms with Crippen LogP contribution in [0.5, 0.6) is 0 Å². The number of aromatic nitrogens is 2. The van der Waals surface area contributed by atoms with E-state index in [1.807, 2.05) is 4.90 Å². The van der Waals surface area contributed by atoms with Gasteiger partial charge in [0.2, 0.25) is 0 Å². The van der Waals surface area contributed by atoms with Crippen LogP contribution in [-0.4, -0.2) is 40.4 Å². The van der Waals surface area contributed by atoms with E-state index < -0.39 is 0 Å². The van der Waals surface area contributed by atoms with E-state index in [1.54, 1.807) is 12.1 Å². The van der Waals surface area contributed by atoms with Crippen molar-refractivity contribution in [2.45, 2.75) is 26.7 Å². The van der Waals surface area contributed by atoms with Gasteiger partial charge in [-0.2, -0.15) is 0 Å². The number of hydrogen-bond acceptors (Lipinski definition) is 4. The van der Waals surface area contributed by atoms with Crippen LogP contribution in [0.25, 0.3) is 0 Å². The molecule has 0 radical (unpaired) electrons. The zero-order chi connectivity index (χ0) is 14.1. The number of hydrogen-bond donors (Lipinski definition) is 1. The minimum atomic E-state index is -0.0345. The summed E-state index contributed by atoms with van der Waals surface area (Å²) in [5.41, 5.74) is 0.434. The summed E-state index contributed by atoms with van der Waals surface area (Å²) >= 11 is 0. The predicted molar refractivity (Wildman–Crippen MR) is 77.2 cm³/mol. The predicted octanol–water partition coefficient (Wildman–Crippen LogP) is 2.34. The largest absolute Gasteiger partial charge is 0.366 e. The Kier molecular flexibility index (Phi) is 6.57. The molecule has 0 aliphatic heterocycles. The summed E-state index contributed by atoms with van der Waals surface area (Å²) in [6.45, 7) is 9.88. The fourth-order valence-corrected chi connectivity index (χ4v) is 1.76. The first kappa shape index (κ1) is 15.1. The van der Waals surface area contributed by atoms with Crippen LogP contribution in [0.3, 0.4) is 0 Å². The van der Waals surface area contributed by atoms with Gasteiger partial charge in [-0.1, -0.05) is 19.9 Å². The lowest BCUT2D eigenvalue weighted by Gasteiger charge is -2.21. The summed E-state index contributed by atoms with van der Waals surface area (Å²) < 4.78 is 0. The third-order valence-electron chi connectivity index (χ3n) is 2.59. The molecule has 0 saturated carbocycles. The Bertz CT molecular complexity index is 414. The molecule has 1 aromatic heterocycles. The zero-order valence-electron chi connectivity index (χ0n) is 11.7. The molecule has 0 aliphatic carbocycles. The van der Waals surface area contributed by atoms with Crippen LogP contribution in [0.2, 0.25) is 0 Å². The van der Waals surface area contributed by atoms with Gasteiger partial charge in [0.25, 0.3) is 5.91 Å². The van der Waals surface area contributed by atoms with Gasteiger partial charge in [0.05, 0.1) is 0 Å². The molecule has 1 heterocycles. The number of nitrogens with one attached hydrogen (secondary N) is 1. The molecule has 0 aliphatic rings. The summed E-state index contributed by atoms with van der Waals surface area (Å²) in [6, 6.07) is 1.68. The van der Waals surface area contributed by atoms with Gasteiger partial charge in [0.15, 0.2) is 0 Å². The van der Waals surface area contributed by atoms with Gasteiger partial charge in [-0.25, -0.2) is 9.97 Å². The third-order valence-corrected chi connectivity index (χ3v) is 2.59. The zero-order valence-corrected chi connectivity index (χ0v) is 11.7. The van der Waals surface area contributed by atoms with Crippen molar-refractivity contribution in [3.8, 4) is 0 Å². The SMILES string of the molecule is C=CCNc1cc(C(=O)N(CCC)CCC)ncn1. The van der Waals surface area contributed by atoms with E-state index in [-0.39, 0.29) is 5.91 Å². The molecular weight excluding hydrogens is 240 g/mol. The van der Waals surface area contributed by atoms with Crippen LogP contribution in [0, 0.1) is 0 Å². The third kappa shape index (κ3) is 4.69. The van der Waals surface area contributed by atoms with E-state index in [0.29, 0.717) is 18.1 Å². The maximum Gasteiger partial charge on any atom is 0.272 e. The number of carbonyl (C=O) groups is 1. The Morgan fingerprint density at radius 3 is 2.63 bits per heavy atom. The van der Waals surface area contributed by atoms with Crippen LogP contribution in [-0.2, 0) is 0 Å².